The van der Waals surface area contributed by atoms with Gasteiger partial charge in [-0.3, -0.25) is 9.78 Å². The highest BCUT2D eigenvalue weighted by molar-refractivity contribution is 5.94. The largest absolute Gasteiger partial charge is 0.337 e. The third-order valence-corrected chi connectivity index (χ3v) is 3.95. The first-order valence-electron chi connectivity index (χ1n) is 6.70. The number of rotatable bonds is 1. The highest BCUT2D eigenvalue weighted by Gasteiger charge is 2.31. The van der Waals surface area contributed by atoms with Gasteiger partial charge < -0.3 is 10.2 Å². The van der Waals surface area contributed by atoms with Crippen LogP contribution in [0.15, 0.2) is 18.3 Å². The number of carbonyl (C=O) groups is 1. The van der Waals surface area contributed by atoms with E-state index < -0.39 is 0 Å². The molecule has 1 aromatic heterocycles. The minimum atomic E-state index is 0.148. The zero-order chi connectivity index (χ0) is 12.5. The summed E-state index contributed by atoms with van der Waals surface area (Å²) in [5.41, 5.74) is 1.66. The first-order chi connectivity index (χ1) is 8.72. The zero-order valence-electron chi connectivity index (χ0n) is 10.7. The molecule has 2 atom stereocenters. The lowest BCUT2D eigenvalue weighted by Crippen LogP contribution is -2.39. The van der Waals surface area contributed by atoms with Gasteiger partial charge in [0.25, 0.3) is 5.91 Å². The zero-order valence-corrected chi connectivity index (χ0v) is 10.7. The molecule has 18 heavy (non-hydrogen) atoms. The van der Waals surface area contributed by atoms with E-state index in [0.717, 1.165) is 30.8 Å². The molecule has 2 unspecified atom stereocenters. The van der Waals surface area contributed by atoms with Crippen LogP contribution in [0.4, 0.5) is 0 Å². The molecule has 1 aromatic rings. The predicted octanol–water partition coefficient (Wildman–Crippen LogP) is 1.36. The Morgan fingerprint density at radius 1 is 1.39 bits per heavy atom. The van der Waals surface area contributed by atoms with E-state index in [0.29, 0.717) is 12.1 Å². The van der Waals surface area contributed by atoms with E-state index in [1.165, 1.54) is 12.8 Å². The van der Waals surface area contributed by atoms with Crippen molar-refractivity contribution < 1.29 is 4.79 Å². The van der Waals surface area contributed by atoms with Gasteiger partial charge in [-0.2, -0.15) is 0 Å². The normalized spacial score (nSPS) is 27.1. The van der Waals surface area contributed by atoms with Gasteiger partial charge in [-0.25, -0.2) is 0 Å². The number of amides is 1. The third kappa shape index (κ3) is 2.25. The number of pyridine rings is 1. The van der Waals surface area contributed by atoms with Crippen molar-refractivity contribution in [3.8, 4) is 0 Å². The van der Waals surface area contributed by atoms with Crippen molar-refractivity contribution in [3.63, 3.8) is 0 Å². The highest BCUT2D eigenvalue weighted by Crippen LogP contribution is 2.21. The molecule has 3 rings (SSSR count). The SMILES string of the molecule is Cc1cc(C(=O)N2CCC3CCC(C2)N3)ccn1. The fraction of sp³-hybridized carbons (Fsp3) is 0.571. The Hall–Kier alpha value is -1.42. The molecular weight excluding hydrogens is 226 g/mol. The average Bonchev–Trinajstić information content (AvgIpc) is 2.68. The number of fused-ring (bicyclic) bond motifs is 2. The number of aromatic nitrogens is 1. The number of hydrogen-bond donors (Lipinski definition) is 1. The first kappa shape index (κ1) is 11.7. The van der Waals surface area contributed by atoms with Crippen molar-refractivity contribution >= 4 is 5.91 Å². The topological polar surface area (TPSA) is 45.2 Å². The summed E-state index contributed by atoms with van der Waals surface area (Å²) >= 11 is 0. The maximum atomic E-state index is 12.5. The van der Waals surface area contributed by atoms with Gasteiger partial charge >= 0.3 is 0 Å². The van der Waals surface area contributed by atoms with Crippen LogP contribution in [0.5, 0.6) is 0 Å². The molecule has 0 radical (unpaired) electrons. The van der Waals surface area contributed by atoms with Crippen LogP contribution in [0.2, 0.25) is 0 Å². The molecule has 3 heterocycles. The van der Waals surface area contributed by atoms with Gasteiger partial charge in [0.05, 0.1) is 0 Å². The van der Waals surface area contributed by atoms with E-state index in [1.807, 2.05) is 24.0 Å². The third-order valence-electron chi connectivity index (χ3n) is 3.95. The highest BCUT2D eigenvalue weighted by atomic mass is 16.2. The van der Waals surface area contributed by atoms with Crippen molar-refractivity contribution in [1.29, 1.82) is 0 Å². The van der Waals surface area contributed by atoms with Gasteiger partial charge in [0.2, 0.25) is 0 Å². The predicted molar refractivity (Wildman–Crippen MR) is 69.4 cm³/mol. The van der Waals surface area contributed by atoms with Crippen molar-refractivity contribution in [3.05, 3.63) is 29.6 Å². The number of carbonyl (C=O) groups excluding carboxylic acids is 1. The maximum Gasteiger partial charge on any atom is 0.254 e. The fourth-order valence-electron chi connectivity index (χ4n) is 2.99. The number of aryl methyl sites for hydroxylation is 1. The van der Waals surface area contributed by atoms with Crippen LogP contribution >= 0.6 is 0 Å². The molecule has 0 aliphatic carbocycles. The second kappa shape index (κ2) is 4.69. The monoisotopic (exact) mass is 245 g/mol. The lowest BCUT2D eigenvalue weighted by molar-refractivity contribution is 0.0748. The van der Waals surface area contributed by atoms with Crippen molar-refractivity contribution in [2.24, 2.45) is 0 Å². The summed E-state index contributed by atoms with van der Waals surface area (Å²) in [6.07, 6.45) is 5.25. The number of hydrogen-bond acceptors (Lipinski definition) is 3. The molecule has 1 amide bonds. The molecule has 0 saturated carbocycles. The number of nitrogens with one attached hydrogen (secondary N) is 1. The minimum Gasteiger partial charge on any atom is -0.337 e. The van der Waals surface area contributed by atoms with Gasteiger partial charge in [-0.15, -0.1) is 0 Å². The van der Waals surface area contributed by atoms with Crippen LogP contribution in [0.3, 0.4) is 0 Å². The lowest BCUT2D eigenvalue weighted by atomic mass is 10.1. The van der Waals surface area contributed by atoms with E-state index >= 15 is 0 Å². The second-order valence-electron chi connectivity index (χ2n) is 5.36. The summed E-state index contributed by atoms with van der Waals surface area (Å²) in [6, 6.07) is 4.79. The Kier molecular flexibility index (Phi) is 3.04. The first-order valence-corrected chi connectivity index (χ1v) is 6.70. The van der Waals surface area contributed by atoms with Crippen LogP contribution in [-0.4, -0.2) is 41.0 Å². The Morgan fingerprint density at radius 2 is 2.22 bits per heavy atom. The molecule has 2 aliphatic rings. The van der Waals surface area contributed by atoms with E-state index in [1.54, 1.807) is 6.20 Å². The lowest BCUT2D eigenvalue weighted by Gasteiger charge is -2.24. The summed E-state index contributed by atoms with van der Waals surface area (Å²) in [6.45, 7) is 3.63. The quantitative estimate of drug-likeness (QED) is 0.812. The molecule has 1 N–H and O–H groups in total. The Labute approximate surface area is 107 Å². The van der Waals surface area contributed by atoms with Crippen molar-refractivity contribution in [2.45, 2.75) is 38.3 Å². The number of likely N-dealkylation sites (tertiary alicyclic amines) is 1. The molecule has 4 nitrogen and oxygen atoms in total. The van der Waals surface area contributed by atoms with Gasteiger partial charge in [0, 0.05) is 42.6 Å². The molecule has 2 aliphatic heterocycles. The molecule has 2 saturated heterocycles. The van der Waals surface area contributed by atoms with Gasteiger partial charge in [0.15, 0.2) is 0 Å². The van der Waals surface area contributed by atoms with Crippen LogP contribution in [0.1, 0.15) is 35.3 Å². The maximum absolute atomic E-state index is 12.5. The average molecular weight is 245 g/mol. The minimum absolute atomic E-state index is 0.148. The van der Waals surface area contributed by atoms with Gasteiger partial charge in [-0.1, -0.05) is 0 Å². The fourth-order valence-corrected chi connectivity index (χ4v) is 2.99. The summed E-state index contributed by atoms with van der Waals surface area (Å²) in [7, 11) is 0. The van der Waals surface area contributed by atoms with E-state index in [-0.39, 0.29) is 5.91 Å². The van der Waals surface area contributed by atoms with Crippen molar-refractivity contribution in [1.82, 2.24) is 15.2 Å². The molecule has 96 valence electrons. The van der Waals surface area contributed by atoms with Gasteiger partial charge in [0.1, 0.15) is 0 Å². The van der Waals surface area contributed by atoms with Crippen molar-refractivity contribution in [2.75, 3.05) is 13.1 Å². The molecular formula is C14H19N3O. The Balaban J connectivity index is 1.76. The van der Waals surface area contributed by atoms with Crippen LogP contribution in [0, 0.1) is 6.92 Å². The standard InChI is InChI=1S/C14H19N3O/c1-10-8-11(4-6-15-10)14(18)17-7-5-12-2-3-13(9-17)16-12/h4,6,8,12-13,16H,2-3,5,7,9H2,1H3. The van der Waals surface area contributed by atoms with E-state index in [9.17, 15) is 4.79 Å². The summed E-state index contributed by atoms with van der Waals surface area (Å²) in [4.78, 5) is 18.6. The molecule has 0 aromatic carbocycles. The Morgan fingerprint density at radius 3 is 3.06 bits per heavy atom. The summed E-state index contributed by atoms with van der Waals surface area (Å²) in [5.74, 6) is 0.148. The van der Waals surface area contributed by atoms with Crippen LogP contribution < -0.4 is 5.32 Å². The van der Waals surface area contributed by atoms with Crippen LogP contribution in [0.25, 0.3) is 0 Å². The summed E-state index contributed by atoms with van der Waals surface area (Å²) in [5, 5.41) is 3.59. The van der Waals surface area contributed by atoms with E-state index in [2.05, 4.69) is 10.3 Å². The summed E-state index contributed by atoms with van der Waals surface area (Å²) < 4.78 is 0. The Bertz CT molecular complexity index is 460. The molecule has 2 fully saturated rings. The molecule has 2 bridgehead atoms. The van der Waals surface area contributed by atoms with Gasteiger partial charge in [-0.05, 0) is 38.3 Å². The molecule has 4 heteroatoms. The van der Waals surface area contributed by atoms with Crippen LogP contribution in [-0.2, 0) is 0 Å². The van der Waals surface area contributed by atoms with E-state index in [4.69, 9.17) is 0 Å². The molecule has 0 spiro atoms. The number of nitrogens with zero attached hydrogens (tertiary/aromatic N) is 2. The second-order valence-corrected chi connectivity index (χ2v) is 5.36. The smallest absolute Gasteiger partial charge is 0.254 e.